The second-order valence-electron chi connectivity index (χ2n) is 4.97. The zero-order valence-corrected chi connectivity index (χ0v) is 11.5. The van der Waals surface area contributed by atoms with E-state index < -0.39 is 11.5 Å². The van der Waals surface area contributed by atoms with Crippen molar-refractivity contribution >= 4 is 11.8 Å². The predicted octanol–water partition coefficient (Wildman–Crippen LogP) is 0.344. The van der Waals surface area contributed by atoms with Gasteiger partial charge in [0.25, 0.3) is 0 Å². The monoisotopic (exact) mass is 243 g/mol. The highest BCUT2D eigenvalue weighted by Gasteiger charge is 2.29. The normalized spacial score (nSPS) is 13.1. The molecule has 0 saturated carbocycles. The van der Waals surface area contributed by atoms with Crippen LogP contribution in [-0.4, -0.2) is 42.9 Å². The summed E-state index contributed by atoms with van der Waals surface area (Å²) in [5, 5.41) is 2.73. The van der Waals surface area contributed by atoms with E-state index in [4.69, 9.17) is 5.73 Å². The van der Waals surface area contributed by atoms with E-state index in [-0.39, 0.29) is 11.8 Å². The zero-order chi connectivity index (χ0) is 13.6. The van der Waals surface area contributed by atoms with Gasteiger partial charge < -0.3 is 16.0 Å². The van der Waals surface area contributed by atoms with Crippen LogP contribution >= 0.6 is 0 Å². The number of carbonyl (C=O) groups excluding carboxylic acids is 2. The maximum absolute atomic E-state index is 11.9. The lowest BCUT2D eigenvalue weighted by molar-refractivity contribution is -0.137. The minimum atomic E-state index is -0.534. The molecular formula is C12H25N3O2. The Morgan fingerprint density at radius 2 is 1.94 bits per heavy atom. The molecule has 2 amide bonds. The molecule has 0 saturated heterocycles. The zero-order valence-electron chi connectivity index (χ0n) is 11.5. The summed E-state index contributed by atoms with van der Waals surface area (Å²) < 4.78 is 0. The highest BCUT2D eigenvalue weighted by Crippen LogP contribution is 2.19. The second-order valence-corrected chi connectivity index (χ2v) is 4.97. The Labute approximate surface area is 104 Å². The Morgan fingerprint density at radius 3 is 2.35 bits per heavy atom. The first-order valence-electron chi connectivity index (χ1n) is 6.02. The van der Waals surface area contributed by atoms with Crippen molar-refractivity contribution in [2.24, 2.45) is 11.1 Å². The molecule has 0 bridgehead atoms. The lowest BCUT2D eigenvalue weighted by atomic mass is 9.88. The Kier molecular flexibility index (Phi) is 6.16. The number of nitrogens with one attached hydrogen (secondary N) is 1. The Balaban J connectivity index is 4.44. The average molecular weight is 243 g/mol. The third kappa shape index (κ3) is 4.73. The minimum absolute atomic E-state index is 0.0793. The van der Waals surface area contributed by atoms with E-state index >= 15 is 0 Å². The first-order chi connectivity index (χ1) is 7.76. The summed E-state index contributed by atoms with van der Waals surface area (Å²) in [5.74, 6) is -0.210. The van der Waals surface area contributed by atoms with Crippen LogP contribution in [0, 0.1) is 5.41 Å². The first-order valence-corrected chi connectivity index (χ1v) is 6.02. The Hall–Kier alpha value is -1.10. The highest BCUT2D eigenvalue weighted by atomic mass is 16.2. The molecule has 0 aliphatic heterocycles. The molecule has 17 heavy (non-hydrogen) atoms. The standard InChI is InChI=1S/C12H25N3O2/c1-6-15(5)10(16)9(2)14-11(17)12(3,4)7-8-13/h9H,6-8,13H2,1-5H3,(H,14,17). The molecule has 0 aromatic heterocycles. The minimum Gasteiger partial charge on any atom is -0.344 e. The summed E-state index contributed by atoms with van der Waals surface area (Å²) in [4.78, 5) is 25.3. The summed E-state index contributed by atoms with van der Waals surface area (Å²) in [6.45, 7) is 8.34. The molecule has 0 aliphatic carbocycles. The summed E-state index contributed by atoms with van der Waals surface area (Å²) in [6, 6.07) is -0.496. The molecule has 0 heterocycles. The third-order valence-corrected chi connectivity index (χ3v) is 2.95. The van der Waals surface area contributed by atoms with E-state index in [9.17, 15) is 9.59 Å². The summed E-state index contributed by atoms with van der Waals surface area (Å²) in [7, 11) is 1.72. The van der Waals surface area contributed by atoms with Crippen LogP contribution in [0.4, 0.5) is 0 Å². The molecule has 0 spiro atoms. The van der Waals surface area contributed by atoms with Crippen LogP contribution in [0.1, 0.15) is 34.1 Å². The Morgan fingerprint density at radius 1 is 1.41 bits per heavy atom. The van der Waals surface area contributed by atoms with Gasteiger partial charge in [-0.1, -0.05) is 13.8 Å². The van der Waals surface area contributed by atoms with Crippen molar-refractivity contribution in [3.8, 4) is 0 Å². The number of carbonyl (C=O) groups is 2. The number of likely N-dealkylation sites (N-methyl/N-ethyl adjacent to an activating group) is 1. The van der Waals surface area contributed by atoms with E-state index in [1.807, 2.05) is 20.8 Å². The van der Waals surface area contributed by atoms with Crippen LogP contribution in [0.5, 0.6) is 0 Å². The lowest BCUT2D eigenvalue weighted by Crippen LogP contribution is -2.49. The van der Waals surface area contributed by atoms with E-state index in [0.29, 0.717) is 19.5 Å². The fourth-order valence-corrected chi connectivity index (χ4v) is 1.41. The van der Waals surface area contributed by atoms with Crippen LogP contribution in [-0.2, 0) is 9.59 Å². The van der Waals surface area contributed by atoms with Gasteiger partial charge in [-0.25, -0.2) is 0 Å². The number of nitrogens with two attached hydrogens (primary N) is 1. The lowest BCUT2D eigenvalue weighted by Gasteiger charge is -2.26. The number of nitrogens with zero attached hydrogens (tertiary/aromatic N) is 1. The predicted molar refractivity (Wildman–Crippen MR) is 68.4 cm³/mol. The maximum atomic E-state index is 11.9. The van der Waals surface area contributed by atoms with Gasteiger partial charge >= 0.3 is 0 Å². The van der Waals surface area contributed by atoms with Crippen LogP contribution in [0.2, 0.25) is 0 Å². The smallest absolute Gasteiger partial charge is 0.244 e. The molecule has 100 valence electrons. The molecule has 1 atom stereocenters. The van der Waals surface area contributed by atoms with Crippen molar-refractivity contribution < 1.29 is 9.59 Å². The molecule has 0 radical (unpaired) electrons. The van der Waals surface area contributed by atoms with Gasteiger partial charge in [-0.3, -0.25) is 9.59 Å². The van der Waals surface area contributed by atoms with Crippen molar-refractivity contribution in [1.82, 2.24) is 10.2 Å². The van der Waals surface area contributed by atoms with Gasteiger partial charge in [0, 0.05) is 19.0 Å². The number of hydrogen-bond acceptors (Lipinski definition) is 3. The van der Waals surface area contributed by atoms with Gasteiger partial charge in [0.15, 0.2) is 0 Å². The molecule has 5 nitrogen and oxygen atoms in total. The van der Waals surface area contributed by atoms with Crippen LogP contribution < -0.4 is 11.1 Å². The van der Waals surface area contributed by atoms with Gasteiger partial charge in [0.2, 0.25) is 11.8 Å². The van der Waals surface area contributed by atoms with Crippen LogP contribution in [0.3, 0.4) is 0 Å². The van der Waals surface area contributed by atoms with Crippen molar-refractivity contribution in [2.75, 3.05) is 20.1 Å². The van der Waals surface area contributed by atoms with Crippen molar-refractivity contribution in [1.29, 1.82) is 0 Å². The number of rotatable bonds is 6. The van der Waals surface area contributed by atoms with Gasteiger partial charge in [0.1, 0.15) is 6.04 Å². The van der Waals surface area contributed by atoms with Crippen molar-refractivity contribution in [3.63, 3.8) is 0 Å². The molecule has 0 aliphatic rings. The first kappa shape index (κ1) is 15.9. The largest absolute Gasteiger partial charge is 0.344 e. The summed E-state index contributed by atoms with van der Waals surface area (Å²) in [6.07, 6.45) is 0.601. The van der Waals surface area contributed by atoms with Crippen LogP contribution in [0.25, 0.3) is 0 Å². The topological polar surface area (TPSA) is 75.4 Å². The van der Waals surface area contributed by atoms with Crippen LogP contribution in [0.15, 0.2) is 0 Å². The SMILES string of the molecule is CCN(C)C(=O)C(C)NC(=O)C(C)(C)CCN. The van der Waals surface area contributed by atoms with Gasteiger partial charge in [-0.05, 0) is 26.8 Å². The van der Waals surface area contributed by atoms with Gasteiger partial charge in [-0.2, -0.15) is 0 Å². The van der Waals surface area contributed by atoms with E-state index in [2.05, 4.69) is 5.32 Å². The summed E-state index contributed by atoms with van der Waals surface area (Å²) in [5.41, 5.74) is 4.92. The van der Waals surface area contributed by atoms with E-state index in [0.717, 1.165) is 0 Å². The van der Waals surface area contributed by atoms with E-state index in [1.54, 1.807) is 18.9 Å². The molecule has 1 unspecified atom stereocenters. The molecule has 5 heteroatoms. The third-order valence-electron chi connectivity index (χ3n) is 2.95. The average Bonchev–Trinajstić information content (AvgIpc) is 2.26. The quantitative estimate of drug-likeness (QED) is 0.706. The molecule has 0 aromatic carbocycles. The van der Waals surface area contributed by atoms with Crippen molar-refractivity contribution in [3.05, 3.63) is 0 Å². The van der Waals surface area contributed by atoms with Gasteiger partial charge in [0.05, 0.1) is 0 Å². The molecule has 0 aromatic rings. The highest BCUT2D eigenvalue weighted by molar-refractivity contribution is 5.89. The number of amides is 2. The molecular weight excluding hydrogens is 218 g/mol. The number of hydrogen-bond donors (Lipinski definition) is 2. The maximum Gasteiger partial charge on any atom is 0.244 e. The van der Waals surface area contributed by atoms with Crippen molar-refractivity contribution in [2.45, 2.75) is 40.2 Å². The molecule has 3 N–H and O–H groups in total. The fourth-order valence-electron chi connectivity index (χ4n) is 1.41. The molecule has 0 rings (SSSR count). The molecule has 0 fully saturated rings. The Bertz CT molecular complexity index is 277. The van der Waals surface area contributed by atoms with E-state index in [1.165, 1.54) is 0 Å². The van der Waals surface area contributed by atoms with Gasteiger partial charge in [-0.15, -0.1) is 0 Å². The summed E-state index contributed by atoms with van der Waals surface area (Å²) >= 11 is 0. The second kappa shape index (κ2) is 6.59. The fraction of sp³-hybridized carbons (Fsp3) is 0.833.